The summed E-state index contributed by atoms with van der Waals surface area (Å²) in [6.07, 6.45) is 4.89. The van der Waals surface area contributed by atoms with E-state index in [9.17, 15) is 0 Å². The first-order valence-corrected chi connectivity index (χ1v) is 10.8. The standard InChI is InChI=1S/C24H25N3S/c1-16-11-17(2)13-19(12-16)23-21(22-6-10-28-24(22)26-23)5-9-27-14-20(15-27)18-3-7-25-8-4-18/h3-4,6-8,10-13,20,26H,5,9,14-15H2,1-2H3. The molecule has 5 rings (SSSR count). The molecule has 1 fully saturated rings. The summed E-state index contributed by atoms with van der Waals surface area (Å²) < 4.78 is 0. The smallest absolute Gasteiger partial charge is 0.100 e. The van der Waals surface area contributed by atoms with Crippen molar-refractivity contribution < 1.29 is 0 Å². The number of hydrogen-bond donors (Lipinski definition) is 1. The predicted octanol–water partition coefficient (Wildman–Crippen LogP) is 5.55. The van der Waals surface area contributed by atoms with Crippen LogP contribution < -0.4 is 0 Å². The third-order valence-electron chi connectivity index (χ3n) is 5.85. The molecule has 0 spiro atoms. The van der Waals surface area contributed by atoms with Crippen molar-refractivity contribution in [1.82, 2.24) is 14.9 Å². The Balaban J connectivity index is 1.35. The molecule has 0 atom stereocenters. The summed E-state index contributed by atoms with van der Waals surface area (Å²) in [5.74, 6) is 0.661. The second-order valence-corrected chi connectivity index (χ2v) is 8.92. The van der Waals surface area contributed by atoms with Gasteiger partial charge in [-0.15, -0.1) is 11.3 Å². The highest BCUT2D eigenvalue weighted by atomic mass is 32.1. The number of benzene rings is 1. The Morgan fingerprint density at radius 1 is 1.07 bits per heavy atom. The van der Waals surface area contributed by atoms with Crippen molar-refractivity contribution in [2.24, 2.45) is 0 Å². The molecular formula is C24H25N3S. The molecule has 1 aliphatic heterocycles. The number of rotatable bonds is 5. The van der Waals surface area contributed by atoms with Crippen LogP contribution in [0.15, 0.2) is 54.2 Å². The summed E-state index contributed by atoms with van der Waals surface area (Å²) in [6.45, 7) is 7.78. The van der Waals surface area contributed by atoms with E-state index in [1.54, 1.807) is 11.3 Å². The minimum absolute atomic E-state index is 0.661. The van der Waals surface area contributed by atoms with Crippen LogP contribution in [0.2, 0.25) is 0 Å². The Labute approximate surface area is 170 Å². The van der Waals surface area contributed by atoms with Gasteiger partial charge in [0.1, 0.15) is 4.83 Å². The van der Waals surface area contributed by atoms with Crippen molar-refractivity contribution in [2.45, 2.75) is 26.2 Å². The Bertz CT molecular complexity index is 1080. The molecule has 28 heavy (non-hydrogen) atoms. The van der Waals surface area contributed by atoms with E-state index in [1.807, 2.05) is 12.4 Å². The Morgan fingerprint density at radius 3 is 2.57 bits per heavy atom. The molecule has 142 valence electrons. The molecule has 1 saturated heterocycles. The summed E-state index contributed by atoms with van der Waals surface area (Å²) >= 11 is 1.80. The van der Waals surface area contributed by atoms with Crippen molar-refractivity contribution in [2.75, 3.05) is 19.6 Å². The molecule has 4 aromatic rings. The molecule has 3 nitrogen and oxygen atoms in total. The third-order valence-corrected chi connectivity index (χ3v) is 6.68. The minimum atomic E-state index is 0.661. The first kappa shape index (κ1) is 17.7. The highest BCUT2D eigenvalue weighted by molar-refractivity contribution is 7.16. The summed E-state index contributed by atoms with van der Waals surface area (Å²) in [5.41, 5.74) is 8.15. The van der Waals surface area contributed by atoms with Crippen LogP contribution in [-0.4, -0.2) is 34.5 Å². The summed E-state index contributed by atoms with van der Waals surface area (Å²) in [7, 11) is 0. The number of nitrogens with zero attached hydrogens (tertiary/aromatic N) is 2. The van der Waals surface area contributed by atoms with Crippen LogP contribution in [-0.2, 0) is 6.42 Å². The fraction of sp³-hybridized carbons (Fsp3) is 0.292. The van der Waals surface area contributed by atoms with Gasteiger partial charge in [0.25, 0.3) is 0 Å². The number of fused-ring (bicyclic) bond motifs is 1. The van der Waals surface area contributed by atoms with Gasteiger partial charge in [0.15, 0.2) is 0 Å². The number of aromatic amines is 1. The lowest BCUT2D eigenvalue weighted by Crippen LogP contribution is -2.45. The van der Waals surface area contributed by atoms with E-state index < -0.39 is 0 Å². The lowest BCUT2D eigenvalue weighted by atomic mass is 9.91. The molecule has 1 N–H and O–H groups in total. The Morgan fingerprint density at radius 2 is 1.82 bits per heavy atom. The van der Waals surface area contributed by atoms with Gasteiger partial charge in [-0.05, 0) is 72.7 Å². The monoisotopic (exact) mass is 387 g/mol. The highest BCUT2D eigenvalue weighted by Crippen LogP contribution is 2.35. The molecule has 0 aliphatic carbocycles. The van der Waals surface area contributed by atoms with Gasteiger partial charge in [-0.1, -0.05) is 17.2 Å². The number of H-pyrrole nitrogens is 1. The lowest BCUT2D eigenvalue weighted by Gasteiger charge is -2.39. The van der Waals surface area contributed by atoms with Crippen LogP contribution in [0.3, 0.4) is 0 Å². The van der Waals surface area contributed by atoms with E-state index in [0.717, 1.165) is 26.1 Å². The topological polar surface area (TPSA) is 31.9 Å². The molecule has 1 aliphatic rings. The van der Waals surface area contributed by atoms with E-state index in [-0.39, 0.29) is 0 Å². The average Bonchev–Trinajstić information content (AvgIpc) is 3.22. The average molecular weight is 388 g/mol. The zero-order valence-electron chi connectivity index (χ0n) is 16.4. The van der Waals surface area contributed by atoms with Crippen LogP contribution in [0.5, 0.6) is 0 Å². The Kier molecular flexibility index (Phi) is 4.53. The molecular weight excluding hydrogens is 362 g/mol. The fourth-order valence-corrected chi connectivity index (χ4v) is 5.28. The normalized spacial score (nSPS) is 15.2. The lowest BCUT2D eigenvalue weighted by molar-refractivity contribution is 0.150. The zero-order valence-corrected chi connectivity index (χ0v) is 17.2. The number of pyridine rings is 1. The van der Waals surface area contributed by atoms with Crippen molar-refractivity contribution >= 4 is 21.6 Å². The summed E-state index contributed by atoms with van der Waals surface area (Å²) in [5, 5.41) is 3.59. The van der Waals surface area contributed by atoms with Crippen molar-refractivity contribution in [1.29, 1.82) is 0 Å². The van der Waals surface area contributed by atoms with Gasteiger partial charge in [0.2, 0.25) is 0 Å². The highest BCUT2D eigenvalue weighted by Gasteiger charge is 2.28. The van der Waals surface area contributed by atoms with Gasteiger partial charge in [-0.2, -0.15) is 0 Å². The number of nitrogens with one attached hydrogen (secondary N) is 1. The maximum atomic E-state index is 4.13. The van der Waals surface area contributed by atoms with Gasteiger partial charge < -0.3 is 9.88 Å². The predicted molar refractivity (Wildman–Crippen MR) is 118 cm³/mol. The van der Waals surface area contributed by atoms with Gasteiger partial charge in [-0.3, -0.25) is 4.98 Å². The largest absolute Gasteiger partial charge is 0.346 e. The van der Waals surface area contributed by atoms with Crippen LogP contribution in [0.1, 0.15) is 28.2 Å². The van der Waals surface area contributed by atoms with Gasteiger partial charge in [0, 0.05) is 43.3 Å². The van der Waals surface area contributed by atoms with Crippen molar-refractivity contribution in [3.05, 3.63) is 76.4 Å². The minimum Gasteiger partial charge on any atom is -0.346 e. The van der Waals surface area contributed by atoms with Crippen LogP contribution in [0, 0.1) is 13.8 Å². The molecule has 4 heterocycles. The second-order valence-electron chi connectivity index (χ2n) is 8.01. The molecule has 0 unspecified atom stereocenters. The maximum absolute atomic E-state index is 4.13. The maximum Gasteiger partial charge on any atom is 0.100 e. The van der Waals surface area contributed by atoms with Crippen molar-refractivity contribution in [3.8, 4) is 11.3 Å². The molecule has 4 heteroatoms. The molecule has 0 bridgehead atoms. The Hall–Kier alpha value is -2.43. The van der Waals surface area contributed by atoms with Gasteiger partial charge >= 0.3 is 0 Å². The summed E-state index contributed by atoms with van der Waals surface area (Å²) in [4.78, 5) is 11.7. The molecule has 0 radical (unpaired) electrons. The zero-order chi connectivity index (χ0) is 19.1. The fourth-order valence-electron chi connectivity index (χ4n) is 4.46. The van der Waals surface area contributed by atoms with E-state index in [0.29, 0.717) is 5.92 Å². The summed E-state index contributed by atoms with van der Waals surface area (Å²) in [6, 6.07) is 13.4. The SMILES string of the molecule is Cc1cc(C)cc(-c2[nH]c3sccc3c2CCN2CC(c3ccncc3)C2)c1. The number of aromatic nitrogens is 2. The van der Waals surface area contributed by atoms with Crippen molar-refractivity contribution in [3.63, 3.8) is 0 Å². The first-order chi connectivity index (χ1) is 13.7. The third kappa shape index (κ3) is 3.27. The van der Waals surface area contributed by atoms with E-state index in [2.05, 4.69) is 70.5 Å². The molecule has 0 saturated carbocycles. The van der Waals surface area contributed by atoms with E-state index in [1.165, 1.54) is 43.7 Å². The molecule has 1 aromatic carbocycles. The number of hydrogen-bond acceptors (Lipinski definition) is 3. The molecule has 3 aromatic heterocycles. The van der Waals surface area contributed by atoms with Crippen LogP contribution in [0.25, 0.3) is 21.5 Å². The quantitative estimate of drug-likeness (QED) is 0.487. The number of aryl methyl sites for hydroxylation is 2. The van der Waals surface area contributed by atoms with Crippen LogP contribution >= 0.6 is 11.3 Å². The number of likely N-dealkylation sites (tertiary alicyclic amines) is 1. The van der Waals surface area contributed by atoms with Crippen LogP contribution in [0.4, 0.5) is 0 Å². The van der Waals surface area contributed by atoms with E-state index >= 15 is 0 Å². The second kappa shape index (κ2) is 7.19. The first-order valence-electron chi connectivity index (χ1n) is 9.96. The molecule has 0 amide bonds. The van der Waals surface area contributed by atoms with E-state index in [4.69, 9.17) is 0 Å². The van der Waals surface area contributed by atoms with Gasteiger partial charge in [-0.25, -0.2) is 0 Å². The van der Waals surface area contributed by atoms with Gasteiger partial charge in [0.05, 0.1) is 5.69 Å². The number of thiophene rings is 1.